The SMILES string of the molecule is CNC(=O)c1ccc(Nc2ncc3c(n2)-c2ccc(CI)cc2C(c2c(F)cccc2NC)=NC3)cc1. The molecule has 5 rings (SSSR count). The van der Waals surface area contributed by atoms with Crippen LogP contribution in [-0.4, -0.2) is 35.7 Å². The van der Waals surface area contributed by atoms with Crippen LogP contribution in [0, 0.1) is 5.82 Å². The highest BCUT2D eigenvalue weighted by Crippen LogP contribution is 2.35. The lowest BCUT2D eigenvalue weighted by molar-refractivity contribution is 0.0963. The van der Waals surface area contributed by atoms with Crippen molar-refractivity contribution in [3.05, 3.63) is 100 Å². The van der Waals surface area contributed by atoms with E-state index >= 15 is 4.39 Å². The zero-order chi connectivity index (χ0) is 25.9. The molecule has 0 aliphatic carbocycles. The van der Waals surface area contributed by atoms with Crippen LogP contribution in [0.25, 0.3) is 11.3 Å². The topological polar surface area (TPSA) is 91.3 Å². The number of benzene rings is 3. The molecule has 37 heavy (non-hydrogen) atoms. The molecule has 1 aliphatic heterocycles. The molecule has 0 fully saturated rings. The Morgan fingerprint density at radius 3 is 2.59 bits per heavy atom. The molecule has 9 heteroatoms. The maximum absolute atomic E-state index is 15.2. The number of nitrogens with one attached hydrogen (secondary N) is 3. The summed E-state index contributed by atoms with van der Waals surface area (Å²) in [4.78, 5) is 26.0. The van der Waals surface area contributed by atoms with E-state index in [1.54, 1.807) is 50.6 Å². The number of amides is 1. The summed E-state index contributed by atoms with van der Waals surface area (Å²) in [5.41, 5.74) is 7.41. The lowest BCUT2D eigenvalue weighted by atomic mass is 9.92. The molecule has 0 spiro atoms. The van der Waals surface area contributed by atoms with Gasteiger partial charge >= 0.3 is 0 Å². The summed E-state index contributed by atoms with van der Waals surface area (Å²) < 4.78 is 16.0. The van der Waals surface area contributed by atoms with Gasteiger partial charge in [-0.15, -0.1) is 0 Å². The predicted molar refractivity (Wildman–Crippen MR) is 154 cm³/mol. The molecular formula is C28H24FIN6O. The van der Waals surface area contributed by atoms with Gasteiger partial charge in [0.1, 0.15) is 5.82 Å². The molecule has 3 N–H and O–H groups in total. The minimum absolute atomic E-state index is 0.151. The summed E-state index contributed by atoms with van der Waals surface area (Å²) in [7, 11) is 3.37. The van der Waals surface area contributed by atoms with E-state index in [-0.39, 0.29) is 11.7 Å². The Balaban J connectivity index is 1.58. The van der Waals surface area contributed by atoms with Gasteiger partial charge < -0.3 is 16.0 Å². The van der Waals surface area contributed by atoms with Gasteiger partial charge in [0, 0.05) is 58.3 Å². The van der Waals surface area contributed by atoms with Crippen molar-refractivity contribution in [1.29, 1.82) is 0 Å². The monoisotopic (exact) mass is 606 g/mol. The van der Waals surface area contributed by atoms with Crippen LogP contribution in [0.1, 0.15) is 32.6 Å². The van der Waals surface area contributed by atoms with Crippen molar-refractivity contribution in [1.82, 2.24) is 15.3 Å². The maximum Gasteiger partial charge on any atom is 0.251 e. The first-order valence-electron chi connectivity index (χ1n) is 11.7. The number of alkyl halides is 1. The van der Waals surface area contributed by atoms with Crippen LogP contribution < -0.4 is 16.0 Å². The Hall–Kier alpha value is -3.86. The van der Waals surface area contributed by atoms with Gasteiger partial charge in [-0.1, -0.05) is 40.8 Å². The van der Waals surface area contributed by atoms with Gasteiger partial charge in [0.05, 0.1) is 23.5 Å². The predicted octanol–water partition coefficient (Wildman–Crippen LogP) is 5.71. The second-order valence-electron chi connectivity index (χ2n) is 8.44. The third kappa shape index (κ3) is 4.91. The van der Waals surface area contributed by atoms with E-state index in [0.29, 0.717) is 35.0 Å². The minimum atomic E-state index is -0.337. The fourth-order valence-electron chi connectivity index (χ4n) is 4.31. The number of halogens is 2. The third-order valence-electron chi connectivity index (χ3n) is 6.17. The second-order valence-corrected chi connectivity index (χ2v) is 9.20. The van der Waals surface area contributed by atoms with Crippen molar-refractivity contribution >= 4 is 51.5 Å². The van der Waals surface area contributed by atoms with Crippen LogP contribution in [0.5, 0.6) is 0 Å². The molecule has 0 unspecified atom stereocenters. The van der Waals surface area contributed by atoms with Gasteiger partial charge in [-0.2, -0.15) is 0 Å². The fourth-order valence-corrected chi connectivity index (χ4v) is 4.78. The number of anilines is 3. The summed E-state index contributed by atoms with van der Waals surface area (Å²) in [6.07, 6.45) is 1.76. The van der Waals surface area contributed by atoms with E-state index in [1.165, 1.54) is 6.07 Å². The quantitative estimate of drug-likeness (QED) is 0.193. The standard InChI is InChI=1S/C28H24FIN6O/c1-31-23-5-3-4-22(29)24(23)26-21-12-16(13-30)6-11-20(21)25-18(14-33-26)15-34-28(36-25)35-19-9-7-17(8-10-19)27(37)32-2/h3-12,15,31H,13-14H2,1-2H3,(H,32,37)(H,34,35,36). The van der Waals surface area contributed by atoms with E-state index < -0.39 is 0 Å². The molecule has 1 aliphatic rings. The molecule has 186 valence electrons. The average Bonchev–Trinajstić information content (AvgIpc) is 3.09. The number of hydrogen-bond donors (Lipinski definition) is 3. The number of aromatic nitrogens is 2. The fraction of sp³-hybridized carbons (Fsp3) is 0.143. The van der Waals surface area contributed by atoms with Gasteiger partial charge in [0.2, 0.25) is 5.95 Å². The van der Waals surface area contributed by atoms with Crippen molar-refractivity contribution < 1.29 is 9.18 Å². The first kappa shape index (κ1) is 24.8. The molecule has 2 heterocycles. The molecule has 0 atom stereocenters. The number of hydrogen-bond acceptors (Lipinski definition) is 6. The molecular weight excluding hydrogens is 582 g/mol. The van der Waals surface area contributed by atoms with Gasteiger partial charge in [0.15, 0.2) is 0 Å². The first-order valence-corrected chi connectivity index (χ1v) is 13.2. The molecule has 0 radical (unpaired) electrons. The highest BCUT2D eigenvalue weighted by Gasteiger charge is 2.25. The van der Waals surface area contributed by atoms with Crippen LogP contribution in [0.15, 0.2) is 71.9 Å². The summed E-state index contributed by atoms with van der Waals surface area (Å²) in [6.45, 7) is 0.317. The van der Waals surface area contributed by atoms with Crippen molar-refractivity contribution in [2.75, 3.05) is 24.7 Å². The van der Waals surface area contributed by atoms with Gasteiger partial charge in [-0.3, -0.25) is 9.79 Å². The normalized spacial score (nSPS) is 12.1. The van der Waals surface area contributed by atoms with Crippen LogP contribution in [0.3, 0.4) is 0 Å². The van der Waals surface area contributed by atoms with Crippen molar-refractivity contribution in [2.45, 2.75) is 11.0 Å². The summed E-state index contributed by atoms with van der Waals surface area (Å²) >= 11 is 2.32. The highest BCUT2D eigenvalue weighted by molar-refractivity contribution is 14.1. The Morgan fingerprint density at radius 1 is 1.05 bits per heavy atom. The van der Waals surface area contributed by atoms with Crippen molar-refractivity contribution in [3.63, 3.8) is 0 Å². The molecule has 3 aromatic carbocycles. The molecule has 1 aromatic heterocycles. The lowest BCUT2D eigenvalue weighted by Crippen LogP contribution is -2.17. The smallest absolute Gasteiger partial charge is 0.251 e. The van der Waals surface area contributed by atoms with Crippen molar-refractivity contribution in [3.8, 4) is 11.3 Å². The molecule has 4 aromatic rings. The number of fused-ring (bicyclic) bond motifs is 3. The zero-order valence-corrected chi connectivity index (χ0v) is 22.4. The van der Waals surface area contributed by atoms with Crippen LogP contribution in [0.2, 0.25) is 0 Å². The molecule has 0 saturated carbocycles. The number of rotatable bonds is 6. The molecule has 0 bridgehead atoms. The first-order chi connectivity index (χ1) is 18.0. The molecule has 7 nitrogen and oxygen atoms in total. The lowest BCUT2D eigenvalue weighted by Gasteiger charge is -2.16. The van der Waals surface area contributed by atoms with Crippen LogP contribution in [0.4, 0.5) is 21.7 Å². The number of aliphatic imine (C=N–C) groups is 1. The van der Waals surface area contributed by atoms with E-state index in [9.17, 15) is 4.79 Å². The Labute approximate surface area is 227 Å². The largest absolute Gasteiger partial charge is 0.387 e. The maximum atomic E-state index is 15.2. The van der Waals surface area contributed by atoms with Gasteiger partial charge in [0.25, 0.3) is 5.91 Å². The van der Waals surface area contributed by atoms with Crippen LogP contribution >= 0.6 is 22.6 Å². The summed E-state index contributed by atoms with van der Waals surface area (Å²) in [5.74, 6) is -0.0703. The van der Waals surface area contributed by atoms with Crippen LogP contribution in [-0.2, 0) is 11.0 Å². The summed E-state index contributed by atoms with van der Waals surface area (Å²) in [6, 6.07) is 18.2. The van der Waals surface area contributed by atoms with E-state index in [4.69, 9.17) is 9.98 Å². The molecule has 0 saturated heterocycles. The Morgan fingerprint density at radius 2 is 1.86 bits per heavy atom. The number of carbonyl (C=O) groups is 1. The summed E-state index contributed by atoms with van der Waals surface area (Å²) in [5, 5.41) is 8.93. The third-order valence-corrected chi connectivity index (χ3v) is 7.05. The van der Waals surface area contributed by atoms with E-state index in [1.807, 2.05) is 12.1 Å². The number of nitrogens with zero attached hydrogens (tertiary/aromatic N) is 3. The minimum Gasteiger partial charge on any atom is -0.387 e. The Bertz CT molecular complexity index is 1520. The zero-order valence-electron chi connectivity index (χ0n) is 20.3. The van der Waals surface area contributed by atoms with Gasteiger partial charge in [-0.25, -0.2) is 14.4 Å². The number of carbonyl (C=O) groups excluding carboxylic acids is 1. The second kappa shape index (κ2) is 10.6. The van der Waals surface area contributed by atoms with E-state index in [2.05, 4.69) is 55.7 Å². The molecule has 1 amide bonds. The average molecular weight is 606 g/mol. The highest BCUT2D eigenvalue weighted by atomic mass is 127. The van der Waals surface area contributed by atoms with Crippen molar-refractivity contribution in [2.24, 2.45) is 4.99 Å². The van der Waals surface area contributed by atoms with Gasteiger partial charge in [-0.05, 0) is 48.0 Å². The Kier molecular flexibility index (Phi) is 7.13. The van der Waals surface area contributed by atoms with E-state index in [0.717, 1.165) is 38.1 Å².